The summed E-state index contributed by atoms with van der Waals surface area (Å²) in [5.74, 6) is 2.05. The van der Waals surface area contributed by atoms with Crippen LogP contribution in [0.25, 0.3) is 22.3 Å². The maximum atomic E-state index is 13.0. The molecule has 2 N–H and O–H groups in total. The number of aromatic nitrogens is 4. The van der Waals surface area contributed by atoms with Crippen LogP contribution in [0.2, 0.25) is 0 Å². The lowest BCUT2D eigenvalue weighted by Gasteiger charge is -2.10. The number of nitrogens with one attached hydrogen (secondary N) is 2. The SMILES string of the molecule is Cc1ccc2nc(C)cc(C(=O)Nc3ccc(-c4n[nH]c(C5CC5)n4)cc3)c2c1. The highest BCUT2D eigenvalue weighted by Crippen LogP contribution is 2.38. The molecule has 0 saturated heterocycles. The molecule has 6 heteroatoms. The van der Waals surface area contributed by atoms with Crippen LogP contribution in [0.15, 0.2) is 48.5 Å². The Kier molecular flexibility index (Phi) is 4.12. The Labute approximate surface area is 168 Å². The number of carbonyl (C=O) groups excluding carboxylic acids is 1. The Morgan fingerprint density at radius 1 is 1.03 bits per heavy atom. The highest BCUT2D eigenvalue weighted by molar-refractivity contribution is 6.12. The zero-order chi connectivity index (χ0) is 20.0. The molecule has 6 nitrogen and oxygen atoms in total. The second kappa shape index (κ2) is 6.81. The van der Waals surface area contributed by atoms with Crippen LogP contribution >= 0.6 is 0 Å². The molecule has 0 spiro atoms. The van der Waals surface area contributed by atoms with Crippen LogP contribution in [-0.2, 0) is 0 Å². The number of aryl methyl sites for hydroxylation is 2. The first-order valence-electron chi connectivity index (χ1n) is 9.79. The Balaban J connectivity index is 1.39. The number of H-pyrrole nitrogens is 1. The van der Waals surface area contributed by atoms with E-state index in [-0.39, 0.29) is 5.91 Å². The molecule has 5 rings (SSSR count). The summed E-state index contributed by atoms with van der Waals surface area (Å²) in [5.41, 5.74) is 5.02. The van der Waals surface area contributed by atoms with Gasteiger partial charge in [0.2, 0.25) is 0 Å². The fourth-order valence-corrected chi connectivity index (χ4v) is 3.50. The molecule has 0 aliphatic heterocycles. The summed E-state index contributed by atoms with van der Waals surface area (Å²) in [4.78, 5) is 22.1. The van der Waals surface area contributed by atoms with Gasteiger partial charge in [0, 0.05) is 28.2 Å². The molecule has 1 aliphatic rings. The highest BCUT2D eigenvalue weighted by Gasteiger charge is 2.27. The van der Waals surface area contributed by atoms with E-state index in [4.69, 9.17) is 0 Å². The van der Waals surface area contributed by atoms with Crippen molar-refractivity contribution >= 4 is 22.5 Å². The molecule has 0 atom stereocenters. The summed E-state index contributed by atoms with van der Waals surface area (Å²) in [6.07, 6.45) is 2.37. The van der Waals surface area contributed by atoms with Gasteiger partial charge in [0.1, 0.15) is 5.82 Å². The standard InChI is InChI=1S/C23H21N5O/c1-13-3-10-20-18(11-13)19(12-14(2)24-20)23(29)25-17-8-6-16(7-9-17)22-26-21(27-28-22)15-4-5-15/h3,6-12,15H,4-5H2,1-2H3,(H,25,29)(H,26,27,28). The number of carbonyl (C=O) groups is 1. The third-order valence-electron chi connectivity index (χ3n) is 5.20. The third-order valence-corrected chi connectivity index (χ3v) is 5.20. The van der Waals surface area contributed by atoms with Crippen LogP contribution in [0.1, 0.15) is 46.2 Å². The van der Waals surface area contributed by atoms with Gasteiger partial charge in [-0.05, 0) is 69.2 Å². The second-order valence-electron chi connectivity index (χ2n) is 7.68. The minimum atomic E-state index is -0.146. The van der Waals surface area contributed by atoms with Crippen molar-refractivity contribution in [1.82, 2.24) is 20.2 Å². The van der Waals surface area contributed by atoms with Gasteiger partial charge in [-0.15, -0.1) is 0 Å². The van der Waals surface area contributed by atoms with Crippen molar-refractivity contribution in [3.05, 3.63) is 71.2 Å². The lowest BCUT2D eigenvalue weighted by molar-refractivity contribution is 0.102. The van der Waals surface area contributed by atoms with Gasteiger partial charge in [-0.2, -0.15) is 5.10 Å². The zero-order valence-corrected chi connectivity index (χ0v) is 16.4. The average Bonchev–Trinajstić information content (AvgIpc) is 3.45. The summed E-state index contributed by atoms with van der Waals surface area (Å²) < 4.78 is 0. The monoisotopic (exact) mass is 383 g/mol. The Morgan fingerprint density at radius 2 is 1.83 bits per heavy atom. The molecule has 2 heterocycles. The van der Waals surface area contributed by atoms with E-state index in [1.807, 2.05) is 62.4 Å². The summed E-state index contributed by atoms with van der Waals surface area (Å²) in [5, 5.41) is 11.2. The molecule has 1 fully saturated rings. The number of nitrogens with zero attached hydrogens (tertiary/aromatic N) is 3. The van der Waals surface area contributed by atoms with Crippen molar-refractivity contribution in [2.75, 3.05) is 5.32 Å². The van der Waals surface area contributed by atoms with E-state index >= 15 is 0 Å². The normalized spacial score (nSPS) is 13.6. The third kappa shape index (κ3) is 3.49. The average molecular weight is 383 g/mol. The van der Waals surface area contributed by atoms with Gasteiger partial charge in [0.15, 0.2) is 5.82 Å². The van der Waals surface area contributed by atoms with Crippen molar-refractivity contribution in [1.29, 1.82) is 0 Å². The van der Waals surface area contributed by atoms with E-state index in [0.717, 1.165) is 39.2 Å². The number of hydrogen-bond donors (Lipinski definition) is 2. The summed E-state index contributed by atoms with van der Waals surface area (Å²) in [6, 6.07) is 15.4. The van der Waals surface area contributed by atoms with E-state index in [0.29, 0.717) is 17.3 Å². The number of hydrogen-bond acceptors (Lipinski definition) is 4. The van der Waals surface area contributed by atoms with Crippen LogP contribution in [0.3, 0.4) is 0 Å². The van der Waals surface area contributed by atoms with E-state index in [9.17, 15) is 4.79 Å². The molecule has 0 bridgehead atoms. The molecule has 29 heavy (non-hydrogen) atoms. The first kappa shape index (κ1) is 17.6. The first-order valence-corrected chi connectivity index (χ1v) is 9.79. The number of benzene rings is 2. The predicted octanol–water partition coefficient (Wildman–Crippen LogP) is 4.77. The second-order valence-corrected chi connectivity index (χ2v) is 7.68. The molecule has 0 unspecified atom stereocenters. The Bertz CT molecular complexity index is 1220. The fraction of sp³-hybridized carbons (Fsp3) is 0.217. The van der Waals surface area contributed by atoms with Crippen molar-refractivity contribution in [3.63, 3.8) is 0 Å². The fourth-order valence-electron chi connectivity index (χ4n) is 3.50. The quantitative estimate of drug-likeness (QED) is 0.532. The van der Waals surface area contributed by atoms with E-state index < -0.39 is 0 Å². The van der Waals surface area contributed by atoms with Crippen molar-refractivity contribution in [2.24, 2.45) is 0 Å². The zero-order valence-electron chi connectivity index (χ0n) is 16.4. The van der Waals surface area contributed by atoms with Crippen molar-refractivity contribution in [2.45, 2.75) is 32.6 Å². The van der Waals surface area contributed by atoms with Gasteiger partial charge >= 0.3 is 0 Å². The van der Waals surface area contributed by atoms with Gasteiger partial charge in [-0.3, -0.25) is 14.9 Å². The summed E-state index contributed by atoms with van der Waals surface area (Å²) in [7, 11) is 0. The van der Waals surface area contributed by atoms with Crippen LogP contribution in [-0.4, -0.2) is 26.1 Å². The maximum absolute atomic E-state index is 13.0. The number of anilines is 1. The van der Waals surface area contributed by atoms with Crippen LogP contribution in [0.4, 0.5) is 5.69 Å². The van der Waals surface area contributed by atoms with E-state index in [2.05, 4.69) is 25.5 Å². The van der Waals surface area contributed by atoms with Crippen LogP contribution in [0, 0.1) is 13.8 Å². The summed E-state index contributed by atoms with van der Waals surface area (Å²) >= 11 is 0. The molecular weight excluding hydrogens is 362 g/mol. The lowest BCUT2D eigenvalue weighted by atomic mass is 10.0. The lowest BCUT2D eigenvalue weighted by Crippen LogP contribution is -2.13. The van der Waals surface area contributed by atoms with Crippen molar-refractivity contribution in [3.8, 4) is 11.4 Å². The smallest absolute Gasteiger partial charge is 0.256 e. The topological polar surface area (TPSA) is 83.6 Å². The van der Waals surface area contributed by atoms with Crippen LogP contribution in [0.5, 0.6) is 0 Å². The van der Waals surface area contributed by atoms with Crippen LogP contribution < -0.4 is 5.32 Å². The van der Waals surface area contributed by atoms with Gasteiger partial charge in [0.25, 0.3) is 5.91 Å². The number of aromatic amines is 1. The molecule has 144 valence electrons. The van der Waals surface area contributed by atoms with Crippen molar-refractivity contribution < 1.29 is 4.79 Å². The largest absolute Gasteiger partial charge is 0.322 e. The summed E-state index contributed by atoms with van der Waals surface area (Å²) in [6.45, 7) is 3.91. The predicted molar refractivity (Wildman–Crippen MR) is 113 cm³/mol. The molecule has 0 radical (unpaired) electrons. The molecule has 1 saturated carbocycles. The molecule has 2 aromatic heterocycles. The minimum Gasteiger partial charge on any atom is -0.322 e. The molecule has 1 amide bonds. The number of pyridine rings is 1. The number of rotatable bonds is 4. The van der Waals surface area contributed by atoms with Gasteiger partial charge in [0.05, 0.1) is 11.1 Å². The van der Waals surface area contributed by atoms with E-state index in [1.54, 1.807) is 0 Å². The van der Waals surface area contributed by atoms with Gasteiger partial charge in [-0.25, -0.2) is 4.98 Å². The molecule has 1 aliphatic carbocycles. The number of fused-ring (bicyclic) bond motifs is 1. The first-order chi connectivity index (χ1) is 14.1. The van der Waals surface area contributed by atoms with Gasteiger partial charge < -0.3 is 5.32 Å². The van der Waals surface area contributed by atoms with E-state index in [1.165, 1.54) is 12.8 Å². The van der Waals surface area contributed by atoms with Gasteiger partial charge in [-0.1, -0.05) is 11.6 Å². The Morgan fingerprint density at radius 3 is 2.59 bits per heavy atom. The molecular formula is C23H21N5O. The maximum Gasteiger partial charge on any atom is 0.256 e. The Hall–Kier alpha value is -3.54. The highest BCUT2D eigenvalue weighted by atomic mass is 16.1. The molecule has 4 aromatic rings. The number of amides is 1. The minimum absolute atomic E-state index is 0.146. The molecule has 2 aromatic carbocycles.